The zero-order valence-corrected chi connectivity index (χ0v) is 10.2. The van der Waals surface area contributed by atoms with Crippen molar-refractivity contribution in [1.29, 1.82) is 0 Å². The van der Waals surface area contributed by atoms with Crippen molar-refractivity contribution in [2.24, 2.45) is 11.7 Å². The first-order chi connectivity index (χ1) is 7.31. The highest BCUT2D eigenvalue weighted by Gasteiger charge is 2.24. The number of piperidine rings is 1. The van der Waals surface area contributed by atoms with Crippen LogP contribution in [0.1, 0.15) is 31.4 Å². The predicted octanol–water partition coefficient (Wildman–Crippen LogP) is 2.48. The largest absolute Gasteiger partial charge is 0.329 e. The molecule has 0 spiro atoms. The maximum atomic E-state index is 5.90. The number of thiophene rings is 1. The Bertz CT molecular complexity index is 284. The Hall–Kier alpha value is -0.380. The number of nitrogens with two attached hydrogens (primary N) is 1. The second kappa shape index (κ2) is 5.10. The van der Waals surface area contributed by atoms with Gasteiger partial charge < -0.3 is 5.73 Å². The minimum atomic E-state index is 0.444. The highest BCUT2D eigenvalue weighted by molar-refractivity contribution is 7.07. The van der Waals surface area contributed by atoms with Gasteiger partial charge >= 0.3 is 0 Å². The van der Waals surface area contributed by atoms with E-state index in [9.17, 15) is 0 Å². The minimum Gasteiger partial charge on any atom is -0.329 e. The molecule has 0 bridgehead atoms. The van der Waals surface area contributed by atoms with E-state index in [1.807, 2.05) is 0 Å². The van der Waals surface area contributed by atoms with Crippen LogP contribution in [0.15, 0.2) is 16.8 Å². The lowest BCUT2D eigenvalue weighted by Crippen LogP contribution is -2.40. The Morgan fingerprint density at radius 1 is 1.67 bits per heavy atom. The van der Waals surface area contributed by atoms with Gasteiger partial charge in [0, 0.05) is 19.1 Å². The topological polar surface area (TPSA) is 29.3 Å². The Balaban J connectivity index is 2.06. The maximum absolute atomic E-state index is 5.90. The third-order valence-electron chi connectivity index (χ3n) is 3.28. The lowest BCUT2D eigenvalue weighted by atomic mass is 9.97. The third-order valence-corrected chi connectivity index (χ3v) is 3.98. The molecule has 2 nitrogen and oxygen atoms in total. The van der Waals surface area contributed by atoms with Gasteiger partial charge in [-0.1, -0.05) is 6.92 Å². The number of nitrogens with zero attached hydrogens (tertiary/aromatic N) is 1. The van der Waals surface area contributed by atoms with Crippen LogP contribution in [0, 0.1) is 5.92 Å². The molecule has 2 atom stereocenters. The first-order valence-electron chi connectivity index (χ1n) is 5.77. The highest BCUT2D eigenvalue weighted by atomic mass is 32.1. The summed E-state index contributed by atoms with van der Waals surface area (Å²) in [4.78, 5) is 2.55. The summed E-state index contributed by atoms with van der Waals surface area (Å²) in [5, 5.41) is 4.38. The van der Waals surface area contributed by atoms with Crippen molar-refractivity contribution in [3.05, 3.63) is 22.4 Å². The van der Waals surface area contributed by atoms with Gasteiger partial charge in [0.05, 0.1) is 0 Å². The summed E-state index contributed by atoms with van der Waals surface area (Å²) in [5.41, 5.74) is 7.30. The van der Waals surface area contributed by atoms with Crippen LogP contribution in [-0.2, 0) is 0 Å². The Morgan fingerprint density at radius 3 is 3.13 bits per heavy atom. The van der Waals surface area contributed by atoms with Gasteiger partial charge in [-0.25, -0.2) is 0 Å². The van der Waals surface area contributed by atoms with E-state index in [4.69, 9.17) is 5.73 Å². The zero-order chi connectivity index (χ0) is 10.7. The monoisotopic (exact) mass is 224 g/mol. The molecule has 2 heterocycles. The van der Waals surface area contributed by atoms with Gasteiger partial charge in [-0.15, -0.1) is 0 Å². The van der Waals surface area contributed by atoms with Crippen LogP contribution in [0.3, 0.4) is 0 Å². The summed E-state index contributed by atoms with van der Waals surface area (Å²) in [7, 11) is 0. The van der Waals surface area contributed by atoms with Crippen molar-refractivity contribution in [2.75, 3.05) is 19.6 Å². The predicted molar refractivity (Wildman–Crippen MR) is 66.1 cm³/mol. The molecule has 84 valence electrons. The SMILES string of the molecule is CC1CCCN(C(CN)c2ccsc2)C1. The van der Waals surface area contributed by atoms with Crippen LogP contribution in [0.4, 0.5) is 0 Å². The van der Waals surface area contributed by atoms with Gasteiger partial charge in [0.25, 0.3) is 0 Å². The molecule has 0 aliphatic carbocycles. The molecule has 1 aliphatic rings. The van der Waals surface area contributed by atoms with E-state index in [0.717, 1.165) is 12.5 Å². The van der Waals surface area contributed by atoms with Gasteiger partial charge in [0.1, 0.15) is 0 Å². The van der Waals surface area contributed by atoms with Gasteiger partial charge in [-0.05, 0) is 47.7 Å². The van der Waals surface area contributed by atoms with Crippen LogP contribution in [0.25, 0.3) is 0 Å². The Morgan fingerprint density at radius 2 is 2.53 bits per heavy atom. The normalized spacial score (nSPS) is 25.3. The Kier molecular flexibility index (Phi) is 3.78. The molecule has 1 saturated heterocycles. The smallest absolute Gasteiger partial charge is 0.0478 e. The number of rotatable bonds is 3. The van der Waals surface area contributed by atoms with Crippen molar-refractivity contribution < 1.29 is 0 Å². The summed E-state index contributed by atoms with van der Waals surface area (Å²) in [6.07, 6.45) is 2.69. The van der Waals surface area contributed by atoms with Crippen LogP contribution >= 0.6 is 11.3 Å². The molecule has 0 saturated carbocycles. The number of likely N-dealkylation sites (tertiary alicyclic amines) is 1. The van der Waals surface area contributed by atoms with Crippen LogP contribution in [-0.4, -0.2) is 24.5 Å². The first-order valence-corrected chi connectivity index (χ1v) is 6.71. The van der Waals surface area contributed by atoms with E-state index in [1.54, 1.807) is 11.3 Å². The van der Waals surface area contributed by atoms with Gasteiger partial charge in [-0.3, -0.25) is 4.90 Å². The molecule has 1 aromatic rings. The molecule has 3 heteroatoms. The first kappa shape index (κ1) is 11.1. The van der Waals surface area contributed by atoms with E-state index in [2.05, 4.69) is 28.7 Å². The average molecular weight is 224 g/mol. The zero-order valence-electron chi connectivity index (χ0n) is 9.36. The lowest BCUT2D eigenvalue weighted by molar-refractivity contribution is 0.133. The molecule has 1 aromatic heterocycles. The number of hydrogen-bond donors (Lipinski definition) is 1. The van der Waals surface area contributed by atoms with Crippen LogP contribution < -0.4 is 5.73 Å². The molecule has 0 radical (unpaired) electrons. The van der Waals surface area contributed by atoms with Crippen molar-refractivity contribution in [3.63, 3.8) is 0 Å². The lowest BCUT2D eigenvalue weighted by Gasteiger charge is -2.36. The Labute approximate surface area is 96.1 Å². The molecule has 0 amide bonds. The molecule has 2 unspecified atom stereocenters. The molecule has 1 fully saturated rings. The van der Waals surface area contributed by atoms with Crippen molar-refractivity contribution in [3.8, 4) is 0 Å². The standard InChI is InChI=1S/C12H20N2S/c1-10-3-2-5-14(8-10)12(7-13)11-4-6-15-9-11/h4,6,9-10,12H,2-3,5,7-8,13H2,1H3. The molecule has 0 aromatic carbocycles. The summed E-state index contributed by atoms with van der Waals surface area (Å²) >= 11 is 1.77. The molecule has 2 rings (SSSR count). The summed E-state index contributed by atoms with van der Waals surface area (Å²) in [5.74, 6) is 0.825. The van der Waals surface area contributed by atoms with E-state index in [1.165, 1.54) is 31.5 Å². The number of hydrogen-bond acceptors (Lipinski definition) is 3. The minimum absolute atomic E-state index is 0.444. The molecular weight excluding hydrogens is 204 g/mol. The van der Waals surface area contributed by atoms with Gasteiger partial charge in [0.2, 0.25) is 0 Å². The van der Waals surface area contributed by atoms with E-state index in [0.29, 0.717) is 6.04 Å². The van der Waals surface area contributed by atoms with Gasteiger partial charge in [0.15, 0.2) is 0 Å². The summed E-state index contributed by atoms with van der Waals surface area (Å²) in [6.45, 7) is 5.50. The highest BCUT2D eigenvalue weighted by Crippen LogP contribution is 2.27. The summed E-state index contributed by atoms with van der Waals surface area (Å²) in [6, 6.07) is 2.65. The molecule has 2 N–H and O–H groups in total. The van der Waals surface area contributed by atoms with Gasteiger partial charge in [-0.2, -0.15) is 11.3 Å². The quantitative estimate of drug-likeness (QED) is 0.854. The fourth-order valence-electron chi connectivity index (χ4n) is 2.47. The molecular formula is C12H20N2S. The summed E-state index contributed by atoms with van der Waals surface area (Å²) < 4.78 is 0. The third kappa shape index (κ3) is 2.60. The van der Waals surface area contributed by atoms with E-state index < -0.39 is 0 Å². The van der Waals surface area contributed by atoms with Crippen LogP contribution in [0.5, 0.6) is 0 Å². The average Bonchev–Trinajstić information content (AvgIpc) is 2.72. The van der Waals surface area contributed by atoms with Crippen LogP contribution in [0.2, 0.25) is 0 Å². The molecule has 1 aliphatic heterocycles. The second-order valence-corrected chi connectivity index (χ2v) is 5.33. The fourth-order valence-corrected chi connectivity index (χ4v) is 3.18. The van der Waals surface area contributed by atoms with Crippen molar-refractivity contribution >= 4 is 11.3 Å². The van der Waals surface area contributed by atoms with E-state index in [-0.39, 0.29) is 0 Å². The molecule has 15 heavy (non-hydrogen) atoms. The van der Waals surface area contributed by atoms with Crippen molar-refractivity contribution in [1.82, 2.24) is 4.90 Å². The van der Waals surface area contributed by atoms with E-state index >= 15 is 0 Å². The second-order valence-electron chi connectivity index (χ2n) is 4.55. The maximum Gasteiger partial charge on any atom is 0.0478 e. The fraction of sp³-hybridized carbons (Fsp3) is 0.667. The van der Waals surface area contributed by atoms with Crippen molar-refractivity contribution in [2.45, 2.75) is 25.8 Å².